The van der Waals surface area contributed by atoms with E-state index in [4.69, 9.17) is 0 Å². The van der Waals surface area contributed by atoms with Gasteiger partial charge in [-0.3, -0.25) is 4.90 Å². The Morgan fingerprint density at radius 3 is 2.36 bits per heavy atom. The second-order valence-electron chi connectivity index (χ2n) is 7.94. The van der Waals surface area contributed by atoms with Gasteiger partial charge in [-0.25, -0.2) is 13.2 Å². The van der Waals surface area contributed by atoms with E-state index in [2.05, 4.69) is 25.1 Å². The second kappa shape index (κ2) is 6.92. The number of sulfone groups is 1. The number of hydrogen-bond donors (Lipinski definition) is 0. The Labute approximate surface area is 166 Å². The van der Waals surface area contributed by atoms with Crippen LogP contribution in [0.2, 0.25) is 0 Å². The molecule has 148 valence electrons. The molecule has 0 N–H and O–H groups in total. The highest BCUT2D eigenvalue weighted by molar-refractivity contribution is 7.91. The van der Waals surface area contributed by atoms with Crippen LogP contribution in [0.4, 0.5) is 10.5 Å². The Morgan fingerprint density at radius 2 is 1.68 bits per heavy atom. The highest BCUT2D eigenvalue weighted by Crippen LogP contribution is 2.36. The molecule has 2 amide bonds. The molecule has 28 heavy (non-hydrogen) atoms. The largest absolute Gasteiger partial charge is 0.325 e. The van der Waals surface area contributed by atoms with E-state index in [0.717, 1.165) is 28.8 Å². The van der Waals surface area contributed by atoms with E-state index in [1.54, 1.807) is 9.80 Å². The zero-order valence-corrected chi connectivity index (χ0v) is 17.4. The first-order chi connectivity index (χ1) is 13.3. The predicted octanol–water partition coefficient (Wildman–Crippen LogP) is 3.47. The van der Waals surface area contributed by atoms with Crippen molar-refractivity contribution < 1.29 is 13.2 Å². The molecule has 0 bridgehead atoms. The minimum atomic E-state index is -3.16. The van der Waals surface area contributed by atoms with Gasteiger partial charge < -0.3 is 4.90 Å². The van der Waals surface area contributed by atoms with Gasteiger partial charge >= 0.3 is 6.03 Å². The summed E-state index contributed by atoms with van der Waals surface area (Å²) >= 11 is 0. The van der Waals surface area contributed by atoms with Crippen LogP contribution in [0.3, 0.4) is 0 Å². The van der Waals surface area contributed by atoms with Crippen LogP contribution < -0.4 is 4.90 Å². The lowest BCUT2D eigenvalue weighted by Crippen LogP contribution is -2.37. The van der Waals surface area contributed by atoms with Crippen molar-refractivity contribution in [3.8, 4) is 0 Å². The minimum Gasteiger partial charge on any atom is -0.314 e. The molecule has 2 saturated heterocycles. The summed E-state index contributed by atoms with van der Waals surface area (Å²) in [6, 6.07) is 13.3. The fraction of sp³-hybridized carbons (Fsp3) is 0.409. The standard InChI is InChI=1S/C22H26N2O3S/c1-4-17-7-9-19(10-8-17)24-21-14-28(26,27)13-20(21)23(22(24)25)12-18-11-15(2)5-6-16(18)3/h5-11,20-21H,4,12-14H2,1-3H3/t20-,21-/m1/s1. The second-order valence-corrected chi connectivity index (χ2v) is 10.1. The lowest BCUT2D eigenvalue weighted by Gasteiger charge is -2.23. The monoisotopic (exact) mass is 398 g/mol. The Balaban J connectivity index is 1.71. The summed E-state index contributed by atoms with van der Waals surface area (Å²) in [6.07, 6.45) is 0.924. The minimum absolute atomic E-state index is 0.0300. The smallest absolute Gasteiger partial charge is 0.314 e. The Kier molecular flexibility index (Phi) is 4.70. The molecule has 0 aromatic heterocycles. The van der Waals surface area contributed by atoms with Crippen LogP contribution in [0.25, 0.3) is 0 Å². The number of carbonyl (C=O) groups is 1. The molecule has 2 fully saturated rings. The van der Waals surface area contributed by atoms with Gasteiger partial charge in [0, 0.05) is 12.2 Å². The van der Waals surface area contributed by atoms with Crippen LogP contribution >= 0.6 is 0 Å². The Morgan fingerprint density at radius 1 is 1.00 bits per heavy atom. The quantitative estimate of drug-likeness (QED) is 0.741. The highest BCUT2D eigenvalue weighted by Gasteiger charge is 2.53. The van der Waals surface area contributed by atoms with Crippen LogP contribution in [-0.2, 0) is 22.8 Å². The normalized spacial score (nSPS) is 23.3. The van der Waals surface area contributed by atoms with Crippen molar-refractivity contribution in [1.82, 2.24) is 4.90 Å². The summed E-state index contributed by atoms with van der Waals surface area (Å²) in [5, 5.41) is 0. The number of fused-ring (bicyclic) bond motifs is 1. The van der Waals surface area contributed by atoms with Gasteiger partial charge in [0.2, 0.25) is 0 Å². The predicted molar refractivity (Wildman–Crippen MR) is 111 cm³/mol. The SMILES string of the molecule is CCc1ccc(N2C(=O)N(Cc3cc(C)ccc3C)[C@@H]3CS(=O)(=O)C[C@H]32)cc1. The number of rotatable bonds is 4. The zero-order valence-electron chi connectivity index (χ0n) is 16.6. The summed E-state index contributed by atoms with van der Waals surface area (Å²) in [7, 11) is -3.16. The molecule has 2 aromatic carbocycles. The maximum atomic E-state index is 13.3. The highest BCUT2D eigenvalue weighted by atomic mass is 32.2. The average Bonchev–Trinajstić information content (AvgIpc) is 3.09. The molecule has 0 saturated carbocycles. The van der Waals surface area contributed by atoms with E-state index < -0.39 is 9.84 Å². The third-order valence-electron chi connectivity index (χ3n) is 5.95. The van der Waals surface area contributed by atoms with Crippen LogP contribution in [0.5, 0.6) is 0 Å². The maximum Gasteiger partial charge on any atom is 0.325 e. The number of aryl methyl sites for hydroxylation is 3. The summed E-state index contributed by atoms with van der Waals surface area (Å²) < 4.78 is 24.8. The third kappa shape index (κ3) is 3.30. The first-order valence-electron chi connectivity index (χ1n) is 9.74. The van der Waals surface area contributed by atoms with Gasteiger partial charge in [-0.2, -0.15) is 0 Å². The van der Waals surface area contributed by atoms with Gasteiger partial charge in [0.05, 0.1) is 23.6 Å². The summed E-state index contributed by atoms with van der Waals surface area (Å²) in [5.41, 5.74) is 5.28. The topological polar surface area (TPSA) is 57.7 Å². The van der Waals surface area contributed by atoms with Crippen molar-refractivity contribution in [3.05, 3.63) is 64.7 Å². The van der Waals surface area contributed by atoms with Gasteiger partial charge in [0.15, 0.2) is 9.84 Å². The van der Waals surface area contributed by atoms with Crippen LogP contribution in [0.1, 0.15) is 29.2 Å². The van der Waals surface area contributed by atoms with E-state index in [9.17, 15) is 13.2 Å². The fourth-order valence-corrected chi connectivity index (χ4v) is 6.26. The van der Waals surface area contributed by atoms with Gasteiger partial charge in [-0.05, 0) is 49.1 Å². The number of anilines is 1. The summed E-state index contributed by atoms with van der Waals surface area (Å²) in [5.74, 6) is 0.0695. The molecule has 4 rings (SSSR count). The maximum absolute atomic E-state index is 13.3. The van der Waals surface area contributed by atoms with Gasteiger partial charge in [-0.15, -0.1) is 0 Å². The van der Waals surface area contributed by atoms with Crippen LogP contribution in [0.15, 0.2) is 42.5 Å². The lowest BCUT2D eigenvalue weighted by atomic mass is 10.0. The number of amides is 2. The molecule has 0 unspecified atom stereocenters. The number of hydrogen-bond acceptors (Lipinski definition) is 3. The third-order valence-corrected chi connectivity index (χ3v) is 7.64. The number of nitrogens with zero attached hydrogens (tertiary/aromatic N) is 2. The van der Waals surface area contributed by atoms with Crippen molar-refractivity contribution in [2.45, 2.75) is 45.8 Å². The summed E-state index contributed by atoms with van der Waals surface area (Å²) in [6.45, 7) is 6.58. The molecule has 0 radical (unpaired) electrons. The van der Waals surface area contributed by atoms with E-state index >= 15 is 0 Å². The fourth-order valence-electron chi connectivity index (χ4n) is 4.31. The molecular formula is C22H26N2O3S. The lowest BCUT2D eigenvalue weighted by molar-refractivity contribution is 0.205. The van der Waals surface area contributed by atoms with E-state index in [1.165, 1.54) is 5.56 Å². The van der Waals surface area contributed by atoms with Gasteiger partial charge in [0.1, 0.15) is 0 Å². The molecule has 2 aliphatic rings. The van der Waals surface area contributed by atoms with Crippen molar-refractivity contribution in [3.63, 3.8) is 0 Å². The number of urea groups is 1. The molecule has 2 atom stereocenters. The Bertz CT molecular complexity index is 1010. The molecule has 5 nitrogen and oxygen atoms in total. The van der Waals surface area contributed by atoms with Crippen molar-refractivity contribution in [2.24, 2.45) is 0 Å². The van der Waals surface area contributed by atoms with E-state index in [-0.39, 0.29) is 29.6 Å². The van der Waals surface area contributed by atoms with Gasteiger partial charge in [0.25, 0.3) is 0 Å². The van der Waals surface area contributed by atoms with Crippen LogP contribution in [0, 0.1) is 13.8 Å². The van der Waals surface area contributed by atoms with Gasteiger partial charge in [-0.1, -0.05) is 42.8 Å². The Hall–Kier alpha value is -2.34. The first-order valence-corrected chi connectivity index (χ1v) is 11.6. The van der Waals surface area contributed by atoms with Crippen molar-refractivity contribution in [1.29, 1.82) is 0 Å². The molecule has 2 aromatic rings. The number of benzene rings is 2. The van der Waals surface area contributed by atoms with Crippen LogP contribution in [-0.4, -0.2) is 42.9 Å². The molecule has 2 aliphatic heterocycles. The average molecular weight is 399 g/mol. The molecule has 0 spiro atoms. The van der Waals surface area contributed by atoms with Crippen molar-refractivity contribution >= 4 is 21.6 Å². The zero-order chi connectivity index (χ0) is 20.1. The van der Waals surface area contributed by atoms with Crippen molar-refractivity contribution in [2.75, 3.05) is 16.4 Å². The van der Waals surface area contributed by atoms with E-state index in [1.807, 2.05) is 38.1 Å². The number of carbonyl (C=O) groups excluding carboxylic acids is 1. The molecule has 0 aliphatic carbocycles. The first kappa shape index (κ1) is 19.0. The molecule has 6 heteroatoms. The molecule has 2 heterocycles. The van der Waals surface area contributed by atoms with E-state index in [0.29, 0.717) is 6.54 Å². The molecular weight excluding hydrogens is 372 g/mol. The summed E-state index contributed by atoms with van der Waals surface area (Å²) in [4.78, 5) is 16.8.